The Balaban J connectivity index is 0.818. The summed E-state index contributed by atoms with van der Waals surface area (Å²) in [6, 6.07) is 25.8. The number of piperazine rings is 1. The zero-order valence-corrected chi connectivity index (χ0v) is 43.0. The van der Waals surface area contributed by atoms with Crippen LogP contribution in [0.3, 0.4) is 0 Å². The minimum absolute atomic E-state index is 0.193. The van der Waals surface area contributed by atoms with E-state index in [1.165, 1.54) is 6.20 Å². The number of fused-ring (bicyclic) bond motifs is 1. The van der Waals surface area contributed by atoms with E-state index in [1.807, 2.05) is 78.9 Å². The summed E-state index contributed by atoms with van der Waals surface area (Å²) in [4.78, 5) is 69.5. The van der Waals surface area contributed by atoms with Crippen molar-refractivity contribution in [2.24, 2.45) is 0 Å². The van der Waals surface area contributed by atoms with Crippen LogP contribution in [0.15, 0.2) is 97.7 Å². The molecule has 0 saturated carbocycles. The molecule has 73 heavy (non-hydrogen) atoms. The minimum atomic E-state index is -2.63. The van der Waals surface area contributed by atoms with Crippen molar-refractivity contribution < 1.29 is 28.5 Å². The standard InChI is InChI=1S/C55H60ClN10O6P/c1-36(37-14-7-5-8-15-37)52(68)59-44-32-45(60-55-57-34-42(56)51(62-55)58-43-19-10-11-20-49(43)73(3,4)71)48(72-2)33-47(44)65-26-23-39(24-27-65)64-30-28-63(29-31-64)25-12-6-9-16-38-17-13-18-40-41(38)35-66(54(40)70)46-21-22-50(67)61-53(46)69/h5,7-8,10-11,13-15,17-20,32-34,39,46H,1,6,12,21-31,35H2,2-4H3,(H,59,68)(H,61,67,69)(H2,57,58,60,62). The van der Waals surface area contributed by atoms with Gasteiger partial charge in [0.25, 0.3) is 11.8 Å². The molecule has 0 aliphatic carbocycles. The number of anilines is 6. The number of halogens is 1. The molecule has 5 aromatic rings. The molecule has 1 unspecified atom stereocenters. The fraction of sp³-hybridized carbons (Fsp3) is 0.345. The molecule has 0 bridgehead atoms. The van der Waals surface area contributed by atoms with E-state index in [4.69, 9.17) is 16.3 Å². The predicted octanol–water partition coefficient (Wildman–Crippen LogP) is 7.71. The lowest BCUT2D eigenvalue weighted by Gasteiger charge is -2.43. The molecule has 378 valence electrons. The highest BCUT2D eigenvalue weighted by Gasteiger charge is 2.40. The Bertz CT molecular complexity index is 3050. The smallest absolute Gasteiger partial charge is 0.255 e. The Hall–Kier alpha value is -7.02. The van der Waals surface area contributed by atoms with Gasteiger partial charge >= 0.3 is 0 Å². The molecular formula is C55H60ClN10O6P. The molecule has 9 rings (SSSR count). The van der Waals surface area contributed by atoms with Gasteiger partial charge in [-0.15, -0.1) is 0 Å². The number of para-hydroxylation sites is 1. The number of nitrogens with zero attached hydrogens (tertiary/aromatic N) is 6. The van der Waals surface area contributed by atoms with Crippen molar-refractivity contribution in [2.75, 3.05) is 87.1 Å². The third-order valence-electron chi connectivity index (χ3n) is 14.0. The lowest BCUT2D eigenvalue weighted by atomic mass is 10.0. The average Bonchev–Trinajstić information content (AvgIpc) is 3.73. The molecule has 4 aromatic carbocycles. The van der Waals surface area contributed by atoms with Crippen molar-refractivity contribution in [2.45, 2.75) is 57.2 Å². The van der Waals surface area contributed by atoms with Gasteiger partial charge in [0.2, 0.25) is 17.8 Å². The quantitative estimate of drug-likeness (QED) is 0.0264. The molecule has 1 aromatic heterocycles. The van der Waals surface area contributed by atoms with Crippen LogP contribution in [0.5, 0.6) is 5.75 Å². The van der Waals surface area contributed by atoms with Crippen LogP contribution in [0, 0.1) is 11.8 Å². The molecule has 3 fully saturated rings. The first-order valence-electron chi connectivity index (χ1n) is 24.7. The van der Waals surface area contributed by atoms with E-state index in [2.05, 4.69) is 64.4 Å². The molecular weight excluding hydrogens is 963 g/mol. The van der Waals surface area contributed by atoms with Gasteiger partial charge in [-0.3, -0.25) is 29.4 Å². The zero-order valence-electron chi connectivity index (χ0n) is 41.4. The molecule has 4 aliphatic rings. The third kappa shape index (κ3) is 11.8. The number of imide groups is 1. The van der Waals surface area contributed by atoms with Crippen molar-refractivity contribution in [3.05, 3.63) is 125 Å². The maximum absolute atomic E-state index is 13.9. The van der Waals surface area contributed by atoms with E-state index in [-0.39, 0.29) is 35.1 Å². The van der Waals surface area contributed by atoms with E-state index in [1.54, 1.807) is 31.4 Å². The number of benzene rings is 4. The maximum atomic E-state index is 13.9. The number of ether oxygens (including phenoxy) is 1. The summed E-state index contributed by atoms with van der Waals surface area (Å²) in [5.41, 5.74) is 5.82. The second kappa shape index (κ2) is 22.4. The summed E-state index contributed by atoms with van der Waals surface area (Å²) in [6.07, 6.45) is 5.59. The Labute approximate surface area is 431 Å². The van der Waals surface area contributed by atoms with Gasteiger partial charge in [-0.2, -0.15) is 4.98 Å². The van der Waals surface area contributed by atoms with E-state index in [0.29, 0.717) is 64.1 Å². The highest BCUT2D eigenvalue weighted by molar-refractivity contribution is 7.70. The Morgan fingerprint density at radius 1 is 0.904 bits per heavy atom. The van der Waals surface area contributed by atoms with E-state index in [9.17, 15) is 23.7 Å². The summed E-state index contributed by atoms with van der Waals surface area (Å²) in [5, 5.41) is 13.0. The molecule has 4 aliphatic heterocycles. The average molecular weight is 1020 g/mol. The fourth-order valence-electron chi connectivity index (χ4n) is 10.1. The van der Waals surface area contributed by atoms with Crippen molar-refractivity contribution >= 4 is 87.8 Å². The van der Waals surface area contributed by atoms with Gasteiger partial charge in [0.15, 0.2) is 5.82 Å². The number of amides is 4. The summed E-state index contributed by atoms with van der Waals surface area (Å²) >= 11 is 6.59. The highest BCUT2D eigenvalue weighted by atomic mass is 35.5. The monoisotopic (exact) mass is 1020 g/mol. The normalized spacial score (nSPS) is 17.6. The molecule has 3 saturated heterocycles. The molecule has 0 radical (unpaired) electrons. The molecule has 16 nitrogen and oxygen atoms in total. The topological polar surface area (TPSA) is 181 Å². The van der Waals surface area contributed by atoms with Crippen molar-refractivity contribution in [1.29, 1.82) is 0 Å². The molecule has 4 N–H and O–H groups in total. The Morgan fingerprint density at radius 3 is 2.40 bits per heavy atom. The Morgan fingerprint density at radius 2 is 1.66 bits per heavy atom. The summed E-state index contributed by atoms with van der Waals surface area (Å²) < 4.78 is 19.1. The van der Waals surface area contributed by atoms with Crippen LogP contribution < -0.4 is 36.2 Å². The third-order valence-corrected chi connectivity index (χ3v) is 15.8. The summed E-state index contributed by atoms with van der Waals surface area (Å²) in [5.74, 6) is 6.45. The van der Waals surface area contributed by atoms with Crippen molar-refractivity contribution in [3.63, 3.8) is 0 Å². The van der Waals surface area contributed by atoms with Gasteiger partial charge in [-0.25, -0.2) is 4.98 Å². The van der Waals surface area contributed by atoms with Crippen LogP contribution in [0.25, 0.3) is 5.57 Å². The molecule has 4 amide bonds. The lowest BCUT2D eigenvalue weighted by Crippen LogP contribution is -2.53. The maximum Gasteiger partial charge on any atom is 0.255 e. The number of aromatic nitrogens is 2. The number of piperidine rings is 2. The largest absolute Gasteiger partial charge is 0.494 e. The number of methoxy groups -OCH3 is 1. The lowest BCUT2D eigenvalue weighted by molar-refractivity contribution is -0.137. The number of unbranched alkanes of at least 4 members (excludes halogenated alkanes) is 1. The summed E-state index contributed by atoms with van der Waals surface area (Å²) in [7, 11) is -1.03. The van der Waals surface area contributed by atoms with Crippen LogP contribution in [0.2, 0.25) is 5.02 Å². The van der Waals surface area contributed by atoms with Crippen LogP contribution in [0.1, 0.15) is 65.6 Å². The van der Waals surface area contributed by atoms with Gasteiger partial charge in [-0.05, 0) is 87.0 Å². The van der Waals surface area contributed by atoms with E-state index < -0.39 is 19.1 Å². The highest BCUT2D eigenvalue weighted by Crippen LogP contribution is 2.42. The van der Waals surface area contributed by atoms with Gasteiger partial charge < -0.3 is 40.0 Å². The van der Waals surface area contributed by atoms with Crippen LogP contribution >= 0.6 is 18.7 Å². The number of nitrogens with one attached hydrogen (secondary N) is 4. The number of carbonyl (C=O) groups is 4. The molecule has 5 heterocycles. The van der Waals surface area contributed by atoms with E-state index >= 15 is 0 Å². The van der Waals surface area contributed by atoms with Crippen molar-refractivity contribution in [3.8, 4) is 17.6 Å². The second-order valence-electron chi connectivity index (χ2n) is 19.1. The first-order valence-corrected chi connectivity index (χ1v) is 27.7. The van der Waals surface area contributed by atoms with Crippen LogP contribution in [-0.4, -0.2) is 127 Å². The number of hydrogen-bond acceptors (Lipinski definition) is 13. The second-order valence-corrected chi connectivity index (χ2v) is 22.7. The molecule has 18 heteroatoms. The van der Waals surface area contributed by atoms with Gasteiger partial charge in [0.1, 0.15) is 24.0 Å². The fourth-order valence-corrected chi connectivity index (χ4v) is 11.3. The molecule has 1 atom stereocenters. The van der Waals surface area contributed by atoms with Gasteiger partial charge in [0, 0.05) is 92.8 Å². The van der Waals surface area contributed by atoms with Gasteiger partial charge in [-0.1, -0.05) is 78.6 Å². The number of carbonyl (C=O) groups excluding carboxylic acids is 4. The predicted molar refractivity (Wildman–Crippen MR) is 288 cm³/mol. The van der Waals surface area contributed by atoms with E-state index in [0.717, 1.165) is 93.9 Å². The Kier molecular flexibility index (Phi) is 15.6. The molecule has 0 spiro atoms. The SMILES string of the molecule is C=C(C(=O)Nc1cc(Nc2ncc(Cl)c(Nc3ccccc3P(C)(C)=O)n2)c(OC)cc1N1CCC(N2CCN(CCCC#Cc3cccc4c3CN(C3CCC(=O)NC3=O)C4=O)CC2)CC1)c1ccccc1. The number of hydrogen-bond donors (Lipinski definition) is 4. The van der Waals surface area contributed by atoms with Crippen molar-refractivity contribution in [1.82, 2.24) is 30.0 Å². The first-order chi connectivity index (χ1) is 35.2. The van der Waals surface area contributed by atoms with Gasteiger partial charge in [0.05, 0.1) is 36.1 Å². The van der Waals surface area contributed by atoms with Crippen LogP contribution in [0.4, 0.5) is 34.5 Å². The van der Waals surface area contributed by atoms with Crippen LogP contribution in [-0.2, 0) is 25.5 Å². The minimum Gasteiger partial charge on any atom is -0.494 e. The number of rotatable bonds is 15. The first kappa shape index (κ1) is 50.9. The zero-order chi connectivity index (χ0) is 51.2. The summed E-state index contributed by atoms with van der Waals surface area (Å²) in [6.45, 7) is 14.3.